The summed E-state index contributed by atoms with van der Waals surface area (Å²) in [7, 11) is 3.96. The first-order chi connectivity index (χ1) is 8.02. The quantitative estimate of drug-likeness (QED) is 0.644. The van der Waals surface area contributed by atoms with Gasteiger partial charge in [0.25, 0.3) is 0 Å². The van der Waals surface area contributed by atoms with Crippen molar-refractivity contribution in [1.29, 1.82) is 0 Å². The zero-order valence-electron chi connectivity index (χ0n) is 10.8. The fraction of sp³-hybridized carbons (Fsp3) is 0.385. The Morgan fingerprint density at radius 2 is 1.88 bits per heavy atom. The summed E-state index contributed by atoms with van der Waals surface area (Å²) in [6.07, 6.45) is 0.889. The molecule has 0 spiro atoms. The van der Waals surface area contributed by atoms with Gasteiger partial charge in [-0.25, -0.2) is 4.99 Å². The molecule has 0 heterocycles. The van der Waals surface area contributed by atoms with Crippen molar-refractivity contribution in [1.82, 2.24) is 4.90 Å². The number of hydrogen-bond donors (Lipinski definition) is 1. The SMILES string of the molecule is CCC(=Nc1ccc(NC(C)=O)cc1)N(C)C. The third-order valence-corrected chi connectivity index (χ3v) is 2.28. The van der Waals surface area contributed by atoms with Gasteiger partial charge >= 0.3 is 0 Å². The molecule has 0 fully saturated rings. The smallest absolute Gasteiger partial charge is 0.221 e. The van der Waals surface area contributed by atoms with Gasteiger partial charge in [0, 0.05) is 33.1 Å². The van der Waals surface area contributed by atoms with Gasteiger partial charge in [0.2, 0.25) is 5.91 Å². The first-order valence-corrected chi connectivity index (χ1v) is 5.65. The number of nitrogens with zero attached hydrogens (tertiary/aromatic N) is 2. The van der Waals surface area contributed by atoms with E-state index in [-0.39, 0.29) is 5.91 Å². The van der Waals surface area contributed by atoms with Crippen LogP contribution in [0.25, 0.3) is 0 Å². The van der Waals surface area contributed by atoms with Crippen LogP contribution in [0.5, 0.6) is 0 Å². The number of hydrogen-bond acceptors (Lipinski definition) is 2. The topological polar surface area (TPSA) is 44.7 Å². The van der Waals surface area contributed by atoms with Crippen molar-refractivity contribution in [2.24, 2.45) is 4.99 Å². The lowest BCUT2D eigenvalue weighted by Crippen LogP contribution is -2.20. The molecule has 0 saturated carbocycles. The Bertz CT molecular complexity index is 407. The summed E-state index contributed by atoms with van der Waals surface area (Å²) in [5.74, 6) is 0.959. The van der Waals surface area contributed by atoms with E-state index in [2.05, 4.69) is 17.2 Å². The molecule has 4 nitrogen and oxygen atoms in total. The molecule has 1 aromatic rings. The lowest BCUT2D eigenvalue weighted by atomic mass is 10.3. The molecule has 0 bridgehead atoms. The Labute approximate surface area is 102 Å². The fourth-order valence-corrected chi connectivity index (χ4v) is 1.47. The van der Waals surface area contributed by atoms with Gasteiger partial charge < -0.3 is 10.2 Å². The molecule has 0 aliphatic rings. The highest BCUT2D eigenvalue weighted by Crippen LogP contribution is 2.17. The van der Waals surface area contributed by atoms with E-state index in [1.165, 1.54) is 6.92 Å². The number of aliphatic imine (C=N–C) groups is 1. The number of carbonyl (C=O) groups excluding carboxylic acids is 1. The van der Waals surface area contributed by atoms with Crippen molar-refractivity contribution in [3.63, 3.8) is 0 Å². The third kappa shape index (κ3) is 4.26. The molecule has 0 aliphatic carbocycles. The van der Waals surface area contributed by atoms with Gasteiger partial charge in [0.05, 0.1) is 5.69 Å². The first kappa shape index (κ1) is 13.2. The zero-order valence-corrected chi connectivity index (χ0v) is 10.8. The number of amides is 1. The number of nitrogens with one attached hydrogen (secondary N) is 1. The van der Waals surface area contributed by atoms with E-state index in [1.54, 1.807) is 0 Å². The van der Waals surface area contributed by atoms with Crippen molar-refractivity contribution in [2.75, 3.05) is 19.4 Å². The van der Waals surface area contributed by atoms with Crippen LogP contribution in [-0.4, -0.2) is 30.7 Å². The first-order valence-electron chi connectivity index (χ1n) is 5.65. The average molecular weight is 233 g/mol. The van der Waals surface area contributed by atoms with Gasteiger partial charge in [-0.05, 0) is 24.3 Å². The Kier molecular flexibility index (Phi) is 4.69. The highest BCUT2D eigenvalue weighted by Gasteiger charge is 2.00. The van der Waals surface area contributed by atoms with Crippen molar-refractivity contribution >= 4 is 23.1 Å². The average Bonchev–Trinajstić information content (AvgIpc) is 2.26. The zero-order chi connectivity index (χ0) is 12.8. The van der Waals surface area contributed by atoms with Crippen LogP contribution in [-0.2, 0) is 4.79 Å². The maximum absolute atomic E-state index is 10.9. The normalized spacial score (nSPS) is 11.2. The Balaban J connectivity index is 2.83. The summed E-state index contributed by atoms with van der Waals surface area (Å²) >= 11 is 0. The third-order valence-electron chi connectivity index (χ3n) is 2.28. The van der Waals surface area contributed by atoms with E-state index in [9.17, 15) is 4.79 Å². The van der Waals surface area contributed by atoms with Crippen molar-refractivity contribution in [2.45, 2.75) is 20.3 Å². The molecule has 0 aliphatic heterocycles. The Hall–Kier alpha value is -1.84. The predicted octanol–water partition coefficient (Wildman–Crippen LogP) is 2.65. The van der Waals surface area contributed by atoms with Crippen LogP contribution in [0.2, 0.25) is 0 Å². The fourth-order valence-electron chi connectivity index (χ4n) is 1.47. The minimum Gasteiger partial charge on any atom is -0.366 e. The van der Waals surface area contributed by atoms with Gasteiger partial charge in [-0.3, -0.25) is 4.79 Å². The second-order valence-corrected chi connectivity index (χ2v) is 4.00. The lowest BCUT2D eigenvalue weighted by Gasteiger charge is -2.13. The Morgan fingerprint density at radius 1 is 1.29 bits per heavy atom. The molecule has 0 atom stereocenters. The standard InChI is InChI=1S/C13H19N3O/c1-5-13(16(3)4)15-12-8-6-11(7-9-12)14-10(2)17/h6-9H,5H2,1-4H3,(H,14,17). The van der Waals surface area contributed by atoms with E-state index < -0.39 is 0 Å². The molecule has 92 valence electrons. The van der Waals surface area contributed by atoms with Gasteiger partial charge in [0.15, 0.2) is 0 Å². The molecular formula is C13H19N3O. The summed E-state index contributed by atoms with van der Waals surface area (Å²) in [6.45, 7) is 3.57. The van der Waals surface area contributed by atoms with E-state index in [4.69, 9.17) is 0 Å². The molecule has 0 radical (unpaired) electrons. The van der Waals surface area contributed by atoms with Crippen LogP contribution in [0.4, 0.5) is 11.4 Å². The van der Waals surface area contributed by atoms with Crippen LogP contribution in [0.15, 0.2) is 29.3 Å². The summed E-state index contributed by atoms with van der Waals surface area (Å²) in [4.78, 5) is 17.4. The molecular weight excluding hydrogens is 214 g/mol. The number of carbonyl (C=O) groups is 1. The van der Waals surface area contributed by atoms with Crippen LogP contribution < -0.4 is 5.32 Å². The highest BCUT2D eigenvalue weighted by molar-refractivity contribution is 5.89. The maximum Gasteiger partial charge on any atom is 0.221 e. The van der Waals surface area contributed by atoms with Gasteiger partial charge in [-0.2, -0.15) is 0 Å². The summed E-state index contributed by atoms with van der Waals surface area (Å²) in [5.41, 5.74) is 1.68. The molecule has 0 saturated heterocycles. The lowest BCUT2D eigenvalue weighted by molar-refractivity contribution is -0.114. The van der Waals surface area contributed by atoms with Crippen molar-refractivity contribution in [3.8, 4) is 0 Å². The molecule has 0 aromatic heterocycles. The largest absolute Gasteiger partial charge is 0.366 e. The van der Waals surface area contributed by atoms with Crippen LogP contribution in [0.3, 0.4) is 0 Å². The minimum atomic E-state index is -0.0659. The molecule has 1 N–H and O–H groups in total. The van der Waals surface area contributed by atoms with Gasteiger partial charge in [-0.15, -0.1) is 0 Å². The van der Waals surface area contributed by atoms with Crippen LogP contribution >= 0.6 is 0 Å². The molecule has 1 rings (SSSR count). The number of anilines is 1. The van der Waals surface area contributed by atoms with E-state index in [1.807, 2.05) is 43.3 Å². The van der Waals surface area contributed by atoms with Gasteiger partial charge in [-0.1, -0.05) is 6.92 Å². The monoisotopic (exact) mass is 233 g/mol. The number of amidine groups is 1. The molecule has 1 amide bonds. The molecule has 17 heavy (non-hydrogen) atoms. The molecule has 0 unspecified atom stereocenters. The minimum absolute atomic E-state index is 0.0659. The summed E-state index contributed by atoms with van der Waals surface area (Å²) in [5, 5.41) is 2.72. The van der Waals surface area contributed by atoms with E-state index in [0.29, 0.717) is 0 Å². The van der Waals surface area contributed by atoms with Crippen molar-refractivity contribution in [3.05, 3.63) is 24.3 Å². The van der Waals surface area contributed by atoms with E-state index >= 15 is 0 Å². The van der Waals surface area contributed by atoms with Crippen molar-refractivity contribution < 1.29 is 4.79 Å². The molecule has 1 aromatic carbocycles. The van der Waals surface area contributed by atoms with Crippen LogP contribution in [0.1, 0.15) is 20.3 Å². The van der Waals surface area contributed by atoms with Gasteiger partial charge in [0.1, 0.15) is 5.84 Å². The second kappa shape index (κ2) is 6.03. The summed E-state index contributed by atoms with van der Waals surface area (Å²) in [6, 6.07) is 7.49. The van der Waals surface area contributed by atoms with E-state index in [0.717, 1.165) is 23.6 Å². The summed E-state index contributed by atoms with van der Waals surface area (Å²) < 4.78 is 0. The van der Waals surface area contributed by atoms with Crippen LogP contribution in [0, 0.1) is 0 Å². The Morgan fingerprint density at radius 3 is 2.29 bits per heavy atom. The number of rotatable bonds is 3. The maximum atomic E-state index is 10.9. The number of benzene rings is 1. The predicted molar refractivity (Wildman–Crippen MR) is 71.8 cm³/mol. The molecule has 4 heteroatoms. The highest BCUT2D eigenvalue weighted by atomic mass is 16.1. The second-order valence-electron chi connectivity index (χ2n) is 4.00.